The Labute approximate surface area is 423 Å². The molecule has 402 valence electrons. The zero-order valence-corrected chi connectivity index (χ0v) is 46.7. The summed E-state index contributed by atoms with van der Waals surface area (Å²) in [7, 11) is 1.24. The summed E-state index contributed by atoms with van der Waals surface area (Å²) in [6.45, 7) is 4.59. The summed E-state index contributed by atoms with van der Waals surface area (Å²) >= 11 is 0. The lowest BCUT2D eigenvalue weighted by atomic mass is 10.0. The topological polar surface area (TPSA) is 108 Å². The van der Waals surface area contributed by atoms with Crippen molar-refractivity contribution in [1.29, 1.82) is 0 Å². The highest BCUT2D eigenvalue weighted by Crippen LogP contribution is 2.38. The second-order valence-electron chi connectivity index (χ2n) is 21.3. The highest BCUT2D eigenvalue weighted by molar-refractivity contribution is 7.45. The van der Waals surface area contributed by atoms with Gasteiger partial charge in [0.25, 0.3) is 7.82 Å². The standard InChI is InChI=1S/C59H115N2O6P/c1-6-8-10-12-14-16-18-20-21-22-23-24-25-26-27-28-29-30-31-32-33-34-35-36-37-38-39-40-41-43-45-47-49-51-53-59(63)60-57(56-67-68(64,65)66-55-54-61(3,4)5)58(62)52-50-48-46-44-42-19-17-15-13-11-9-7-2/h13,15,42,44,50,52,57-58,62H,6-12,14,16-41,43,45-49,51,53-56H2,1-5H3,(H-,60,63,64,65)/b15-13+,44-42+,52-50+. The van der Waals surface area contributed by atoms with Crippen molar-refractivity contribution in [3.05, 3.63) is 36.5 Å². The van der Waals surface area contributed by atoms with Gasteiger partial charge in [-0.25, -0.2) is 0 Å². The number of carbonyl (C=O) groups excluding carboxylic acids is 1. The van der Waals surface area contributed by atoms with E-state index in [9.17, 15) is 19.4 Å². The number of carbonyl (C=O) groups is 1. The predicted octanol–water partition coefficient (Wildman–Crippen LogP) is 17.1. The molecule has 0 bridgehead atoms. The molecule has 2 N–H and O–H groups in total. The first-order valence-corrected chi connectivity index (χ1v) is 30.8. The maximum absolute atomic E-state index is 12.9. The van der Waals surface area contributed by atoms with Crippen LogP contribution >= 0.6 is 7.82 Å². The third kappa shape index (κ3) is 52.5. The molecule has 0 saturated carbocycles. The minimum absolute atomic E-state index is 0.00778. The quantitative estimate of drug-likeness (QED) is 0.0272. The summed E-state index contributed by atoms with van der Waals surface area (Å²) in [4.78, 5) is 25.4. The van der Waals surface area contributed by atoms with Crippen molar-refractivity contribution in [3.63, 3.8) is 0 Å². The highest BCUT2D eigenvalue weighted by Gasteiger charge is 2.23. The first kappa shape index (κ1) is 66.7. The van der Waals surface area contributed by atoms with Crippen molar-refractivity contribution in [2.24, 2.45) is 0 Å². The Balaban J connectivity index is 3.94. The van der Waals surface area contributed by atoms with Gasteiger partial charge in [0.1, 0.15) is 13.2 Å². The zero-order valence-electron chi connectivity index (χ0n) is 45.8. The molecule has 0 aliphatic carbocycles. The molecule has 0 radical (unpaired) electrons. The van der Waals surface area contributed by atoms with Crippen molar-refractivity contribution >= 4 is 13.7 Å². The van der Waals surface area contributed by atoms with Crippen LogP contribution in [0.5, 0.6) is 0 Å². The van der Waals surface area contributed by atoms with E-state index in [1.54, 1.807) is 6.08 Å². The number of hydrogen-bond donors (Lipinski definition) is 2. The summed E-state index contributed by atoms with van der Waals surface area (Å²) in [5.41, 5.74) is 0. The summed E-state index contributed by atoms with van der Waals surface area (Å²) in [5.74, 6) is -0.208. The number of amides is 1. The number of hydrogen-bond acceptors (Lipinski definition) is 6. The van der Waals surface area contributed by atoms with Crippen LogP contribution in [0.1, 0.15) is 284 Å². The van der Waals surface area contributed by atoms with Gasteiger partial charge in [-0.1, -0.05) is 275 Å². The van der Waals surface area contributed by atoms with Crippen LogP contribution < -0.4 is 10.2 Å². The number of allylic oxidation sites excluding steroid dienone is 5. The first-order chi connectivity index (χ1) is 33.0. The van der Waals surface area contributed by atoms with Gasteiger partial charge in [-0.05, 0) is 38.5 Å². The van der Waals surface area contributed by atoms with E-state index in [0.29, 0.717) is 17.4 Å². The molecule has 0 aliphatic heterocycles. The molecule has 0 saturated heterocycles. The number of aliphatic hydroxyl groups is 1. The van der Waals surface area contributed by atoms with Gasteiger partial charge in [0, 0.05) is 6.42 Å². The number of phosphoric ester groups is 1. The van der Waals surface area contributed by atoms with Gasteiger partial charge < -0.3 is 28.8 Å². The lowest BCUT2D eigenvalue weighted by Gasteiger charge is -2.29. The van der Waals surface area contributed by atoms with E-state index in [2.05, 4.69) is 43.5 Å². The molecule has 0 fully saturated rings. The van der Waals surface area contributed by atoms with Crippen molar-refractivity contribution in [1.82, 2.24) is 5.32 Å². The van der Waals surface area contributed by atoms with E-state index in [1.807, 2.05) is 27.2 Å². The molecule has 68 heavy (non-hydrogen) atoms. The molecule has 0 aromatic heterocycles. The number of unbranched alkanes of at least 4 members (excludes halogenated alkanes) is 37. The van der Waals surface area contributed by atoms with E-state index < -0.39 is 26.6 Å². The van der Waals surface area contributed by atoms with Gasteiger partial charge in [0.15, 0.2) is 0 Å². The maximum atomic E-state index is 12.9. The molecule has 0 aromatic carbocycles. The van der Waals surface area contributed by atoms with Crippen LogP contribution in [0, 0.1) is 0 Å². The Bertz CT molecular complexity index is 1200. The Kier molecular flexibility index (Phi) is 49.7. The molecule has 3 unspecified atom stereocenters. The van der Waals surface area contributed by atoms with Crippen molar-refractivity contribution in [3.8, 4) is 0 Å². The Morgan fingerprint density at radius 3 is 1.18 bits per heavy atom. The second kappa shape index (κ2) is 50.7. The summed E-state index contributed by atoms with van der Waals surface area (Å²) in [5, 5.41) is 13.8. The molecular formula is C59H115N2O6P. The first-order valence-electron chi connectivity index (χ1n) is 29.4. The van der Waals surface area contributed by atoms with E-state index >= 15 is 0 Å². The SMILES string of the molecule is CCCC/C=C/CC/C=C/CC/C=C/C(O)C(COP(=O)([O-])OCC[N+](C)(C)C)NC(=O)CCCCCCCCCCCCCCCCCCCCCCCCCCCCCCCCCCCC. The maximum Gasteiger partial charge on any atom is 0.268 e. The normalized spacial score (nSPS) is 14.2. The van der Waals surface area contributed by atoms with Crippen molar-refractivity contribution in [2.75, 3.05) is 40.9 Å². The molecular weight excluding hydrogens is 864 g/mol. The molecule has 1 amide bonds. The Hall–Kier alpha value is -1.28. The Morgan fingerprint density at radius 2 is 0.824 bits per heavy atom. The van der Waals surface area contributed by atoms with Gasteiger partial charge in [-0.15, -0.1) is 0 Å². The summed E-state index contributed by atoms with van der Waals surface area (Å²) in [6.07, 6.45) is 65.5. The van der Waals surface area contributed by atoms with Crippen LogP contribution in [0.4, 0.5) is 0 Å². The average molecular weight is 980 g/mol. The third-order valence-corrected chi connectivity index (χ3v) is 14.3. The monoisotopic (exact) mass is 979 g/mol. The molecule has 3 atom stereocenters. The van der Waals surface area contributed by atoms with E-state index in [0.717, 1.165) is 51.4 Å². The minimum Gasteiger partial charge on any atom is -0.756 e. The largest absolute Gasteiger partial charge is 0.756 e. The number of phosphoric acid groups is 1. The van der Waals surface area contributed by atoms with Gasteiger partial charge in [-0.2, -0.15) is 0 Å². The van der Waals surface area contributed by atoms with E-state index in [4.69, 9.17) is 9.05 Å². The molecule has 0 aliphatic rings. The molecule has 0 spiro atoms. The number of aliphatic hydroxyl groups excluding tert-OH is 1. The van der Waals surface area contributed by atoms with Gasteiger partial charge in [-0.3, -0.25) is 9.36 Å². The molecule has 8 nitrogen and oxygen atoms in total. The van der Waals surface area contributed by atoms with Crippen molar-refractivity contribution < 1.29 is 32.9 Å². The fourth-order valence-corrected chi connectivity index (χ4v) is 9.43. The highest BCUT2D eigenvalue weighted by atomic mass is 31.2. The van der Waals surface area contributed by atoms with Crippen LogP contribution in [-0.4, -0.2) is 68.5 Å². The van der Waals surface area contributed by atoms with Gasteiger partial charge in [0.2, 0.25) is 5.91 Å². The molecule has 0 aromatic rings. The third-order valence-electron chi connectivity index (χ3n) is 13.3. The average Bonchev–Trinajstić information content (AvgIpc) is 3.30. The second-order valence-corrected chi connectivity index (χ2v) is 22.8. The number of likely N-dealkylation sites (N-methyl/N-ethyl adjacent to an activating group) is 1. The van der Waals surface area contributed by atoms with Crippen LogP contribution in [0.15, 0.2) is 36.5 Å². The number of rotatable bonds is 54. The summed E-state index contributed by atoms with van der Waals surface area (Å²) < 4.78 is 23.2. The lowest BCUT2D eigenvalue weighted by Crippen LogP contribution is -2.45. The van der Waals surface area contributed by atoms with Crippen LogP contribution in [0.25, 0.3) is 0 Å². The molecule has 0 rings (SSSR count). The molecule has 0 heterocycles. The van der Waals surface area contributed by atoms with Crippen LogP contribution in [0.3, 0.4) is 0 Å². The van der Waals surface area contributed by atoms with Gasteiger partial charge in [0.05, 0.1) is 39.9 Å². The molecule has 9 heteroatoms. The predicted molar refractivity (Wildman–Crippen MR) is 293 cm³/mol. The van der Waals surface area contributed by atoms with Crippen LogP contribution in [-0.2, 0) is 18.4 Å². The Morgan fingerprint density at radius 1 is 0.500 bits per heavy atom. The smallest absolute Gasteiger partial charge is 0.268 e. The van der Waals surface area contributed by atoms with Gasteiger partial charge >= 0.3 is 0 Å². The fourth-order valence-electron chi connectivity index (χ4n) is 8.70. The lowest BCUT2D eigenvalue weighted by molar-refractivity contribution is -0.870. The van der Waals surface area contributed by atoms with Crippen molar-refractivity contribution in [2.45, 2.75) is 296 Å². The van der Waals surface area contributed by atoms with Crippen LogP contribution in [0.2, 0.25) is 0 Å². The fraction of sp³-hybridized carbons (Fsp3) is 0.881. The number of quaternary nitrogens is 1. The van der Waals surface area contributed by atoms with E-state index in [1.165, 1.54) is 212 Å². The number of nitrogens with one attached hydrogen (secondary N) is 1. The number of nitrogens with zero attached hydrogens (tertiary/aromatic N) is 1. The summed E-state index contributed by atoms with van der Waals surface area (Å²) in [6, 6.07) is -0.906. The van der Waals surface area contributed by atoms with E-state index in [-0.39, 0.29) is 12.5 Å². The zero-order chi connectivity index (χ0) is 49.9. The minimum atomic E-state index is -4.60.